The molecule has 0 fully saturated rings. The van der Waals surface area contributed by atoms with Gasteiger partial charge in [-0.1, -0.05) is 18.2 Å². The smallest absolute Gasteiger partial charge is 0.342 e. The van der Waals surface area contributed by atoms with Crippen molar-refractivity contribution < 1.29 is 23.5 Å². The molecule has 144 valence electrons. The van der Waals surface area contributed by atoms with Gasteiger partial charge in [-0.2, -0.15) is 5.10 Å². The van der Waals surface area contributed by atoms with Gasteiger partial charge in [0.1, 0.15) is 17.1 Å². The highest BCUT2D eigenvalue weighted by atomic mass is 19.1. The molecule has 0 unspecified atom stereocenters. The van der Waals surface area contributed by atoms with Crippen molar-refractivity contribution in [2.24, 2.45) is 0 Å². The lowest BCUT2D eigenvalue weighted by Crippen LogP contribution is -2.16. The number of methoxy groups -OCH3 is 1. The van der Waals surface area contributed by atoms with Gasteiger partial charge in [0.25, 0.3) is 0 Å². The number of hydrogen-bond acceptors (Lipinski definition) is 5. The van der Waals surface area contributed by atoms with Crippen LogP contribution in [-0.4, -0.2) is 35.2 Å². The third-order valence-electron chi connectivity index (χ3n) is 4.29. The van der Waals surface area contributed by atoms with Crippen molar-refractivity contribution in [3.63, 3.8) is 0 Å². The summed E-state index contributed by atoms with van der Waals surface area (Å²) in [5.74, 6) is -1.59. The highest BCUT2D eigenvalue weighted by Crippen LogP contribution is 2.21. The molecule has 0 atom stereocenters. The lowest BCUT2D eigenvalue weighted by molar-refractivity contribution is 0.0472. The number of Topliss-reactive ketones (excluding diaryl/α,β-unsaturated/α-hetero) is 1. The Labute approximate surface area is 161 Å². The Kier molecular flexibility index (Phi) is 5.54. The zero-order valence-electron chi connectivity index (χ0n) is 15.7. The largest absolute Gasteiger partial charge is 0.496 e. The van der Waals surface area contributed by atoms with Gasteiger partial charge in [0.15, 0.2) is 6.61 Å². The summed E-state index contributed by atoms with van der Waals surface area (Å²) in [5, 5.41) is 4.39. The number of aromatic nitrogens is 2. The second-order valence-corrected chi connectivity index (χ2v) is 6.14. The Morgan fingerprint density at radius 2 is 1.82 bits per heavy atom. The number of benzene rings is 2. The molecule has 7 heteroatoms. The predicted octanol–water partition coefficient (Wildman–Crippen LogP) is 3.68. The average molecular weight is 382 g/mol. The van der Waals surface area contributed by atoms with Gasteiger partial charge in [0.05, 0.1) is 29.7 Å². The molecule has 0 saturated carbocycles. The van der Waals surface area contributed by atoms with E-state index in [0.717, 1.165) is 11.8 Å². The van der Waals surface area contributed by atoms with E-state index < -0.39 is 24.2 Å². The number of ketones is 1. The Bertz CT molecular complexity index is 1030. The van der Waals surface area contributed by atoms with Gasteiger partial charge in [0, 0.05) is 0 Å². The molecule has 0 amide bonds. The minimum absolute atomic E-state index is 0.0173. The summed E-state index contributed by atoms with van der Waals surface area (Å²) in [4.78, 5) is 24.9. The van der Waals surface area contributed by atoms with Crippen molar-refractivity contribution in [1.29, 1.82) is 0 Å². The van der Waals surface area contributed by atoms with Crippen molar-refractivity contribution >= 4 is 11.8 Å². The van der Waals surface area contributed by atoms with E-state index in [0.29, 0.717) is 17.0 Å². The first-order chi connectivity index (χ1) is 13.4. The zero-order valence-corrected chi connectivity index (χ0v) is 15.7. The molecule has 1 heterocycles. The fourth-order valence-electron chi connectivity index (χ4n) is 2.94. The van der Waals surface area contributed by atoms with Crippen molar-refractivity contribution in [3.8, 4) is 11.4 Å². The lowest BCUT2D eigenvalue weighted by atomic mass is 10.1. The number of para-hydroxylation sites is 1. The van der Waals surface area contributed by atoms with E-state index in [2.05, 4.69) is 5.10 Å². The van der Waals surface area contributed by atoms with E-state index in [9.17, 15) is 14.0 Å². The fourth-order valence-corrected chi connectivity index (χ4v) is 2.94. The number of nitrogens with zero attached hydrogens (tertiary/aromatic N) is 2. The van der Waals surface area contributed by atoms with Crippen LogP contribution in [0.25, 0.3) is 5.69 Å². The molecule has 1 aromatic heterocycles. The normalized spacial score (nSPS) is 10.6. The maximum atomic E-state index is 13.5. The van der Waals surface area contributed by atoms with Gasteiger partial charge < -0.3 is 9.47 Å². The Morgan fingerprint density at radius 1 is 1.11 bits per heavy atom. The van der Waals surface area contributed by atoms with Crippen LogP contribution in [-0.2, 0) is 4.74 Å². The number of carbonyl (C=O) groups is 2. The summed E-state index contributed by atoms with van der Waals surface area (Å²) in [6.07, 6.45) is 0. The van der Waals surface area contributed by atoms with Gasteiger partial charge >= 0.3 is 5.97 Å². The number of esters is 1. The van der Waals surface area contributed by atoms with Crippen molar-refractivity contribution in [2.75, 3.05) is 13.7 Å². The van der Waals surface area contributed by atoms with Gasteiger partial charge in [-0.25, -0.2) is 13.9 Å². The van der Waals surface area contributed by atoms with Crippen molar-refractivity contribution in [1.82, 2.24) is 9.78 Å². The van der Waals surface area contributed by atoms with E-state index in [-0.39, 0.29) is 11.3 Å². The topological polar surface area (TPSA) is 70.4 Å². The molecule has 0 spiro atoms. The molecular formula is C21H19FN2O4. The third-order valence-corrected chi connectivity index (χ3v) is 4.29. The van der Waals surface area contributed by atoms with E-state index >= 15 is 0 Å². The molecule has 0 bridgehead atoms. The highest BCUT2D eigenvalue weighted by Gasteiger charge is 2.22. The zero-order chi connectivity index (χ0) is 20.3. The molecular weight excluding hydrogens is 363 g/mol. The maximum absolute atomic E-state index is 13.5. The summed E-state index contributed by atoms with van der Waals surface area (Å²) in [6, 6.07) is 13.0. The summed E-state index contributed by atoms with van der Waals surface area (Å²) in [6.45, 7) is 2.91. The summed E-state index contributed by atoms with van der Waals surface area (Å²) in [7, 11) is 1.38. The molecule has 0 aliphatic rings. The molecule has 0 aliphatic carbocycles. The monoisotopic (exact) mass is 382 g/mol. The average Bonchev–Trinajstić information content (AvgIpc) is 3.00. The first-order valence-electron chi connectivity index (χ1n) is 8.58. The summed E-state index contributed by atoms with van der Waals surface area (Å²) in [5.41, 5.74) is 2.21. The van der Waals surface area contributed by atoms with Crippen LogP contribution >= 0.6 is 0 Å². The second kappa shape index (κ2) is 8.04. The molecule has 0 aliphatic heterocycles. The predicted molar refractivity (Wildman–Crippen MR) is 101 cm³/mol. The van der Waals surface area contributed by atoms with Gasteiger partial charge in [-0.05, 0) is 44.2 Å². The molecule has 3 aromatic rings. The van der Waals surface area contributed by atoms with Crippen molar-refractivity contribution in [2.45, 2.75) is 13.8 Å². The second-order valence-electron chi connectivity index (χ2n) is 6.14. The number of ether oxygens (including phenoxy) is 2. The maximum Gasteiger partial charge on any atom is 0.342 e. The van der Waals surface area contributed by atoms with Gasteiger partial charge in [-0.15, -0.1) is 0 Å². The number of carbonyl (C=O) groups excluding carboxylic acids is 2. The Balaban J connectivity index is 1.78. The van der Waals surface area contributed by atoms with Crippen LogP contribution in [0.1, 0.15) is 32.1 Å². The summed E-state index contributed by atoms with van der Waals surface area (Å²) >= 11 is 0. The van der Waals surface area contributed by atoms with Crippen molar-refractivity contribution in [3.05, 3.63) is 76.9 Å². The van der Waals surface area contributed by atoms with E-state index in [1.165, 1.54) is 19.2 Å². The molecule has 0 radical (unpaired) electrons. The SMILES string of the molecule is COc1ccc(F)cc1C(=O)COC(=O)c1c(C)nn(-c2ccccc2)c1C. The molecule has 6 nitrogen and oxygen atoms in total. The Morgan fingerprint density at radius 3 is 2.50 bits per heavy atom. The molecule has 0 saturated heterocycles. The first kappa shape index (κ1) is 19.3. The quantitative estimate of drug-likeness (QED) is 0.480. The Hall–Kier alpha value is -3.48. The van der Waals surface area contributed by atoms with E-state index in [1.54, 1.807) is 18.5 Å². The van der Waals surface area contributed by atoms with Crippen LogP contribution in [0.5, 0.6) is 5.75 Å². The number of aryl methyl sites for hydroxylation is 1. The van der Waals surface area contributed by atoms with Crippen LogP contribution in [0.15, 0.2) is 48.5 Å². The first-order valence-corrected chi connectivity index (χ1v) is 8.58. The van der Waals surface area contributed by atoms with Gasteiger partial charge in [-0.3, -0.25) is 4.79 Å². The van der Waals surface area contributed by atoms with Crippen LogP contribution in [0.2, 0.25) is 0 Å². The van der Waals surface area contributed by atoms with Gasteiger partial charge in [0.2, 0.25) is 5.78 Å². The minimum atomic E-state index is -0.666. The van der Waals surface area contributed by atoms with E-state index in [4.69, 9.17) is 9.47 Å². The molecule has 28 heavy (non-hydrogen) atoms. The summed E-state index contributed by atoms with van der Waals surface area (Å²) < 4.78 is 25.3. The van der Waals surface area contributed by atoms with Crippen LogP contribution in [0, 0.1) is 19.7 Å². The lowest BCUT2D eigenvalue weighted by Gasteiger charge is -2.09. The highest BCUT2D eigenvalue weighted by molar-refractivity contribution is 6.01. The van der Waals surface area contributed by atoms with Crippen LogP contribution in [0.3, 0.4) is 0 Å². The third kappa shape index (κ3) is 3.78. The van der Waals surface area contributed by atoms with E-state index in [1.807, 2.05) is 30.3 Å². The molecule has 3 rings (SSSR count). The van der Waals surface area contributed by atoms with Crippen LogP contribution < -0.4 is 4.74 Å². The van der Waals surface area contributed by atoms with Crippen LogP contribution in [0.4, 0.5) is 4.39 Å². The molecule has 0 N–H and O–H groups in total. The molecule has 2 aromatic carbocycles. The number of rotatable bonds is 6. The standard InChI is InChI=1S/C21H19FN2O4/c1-13-20(14(2)24(23-13)16-7-5-4-6-8-16)21(26)28-12-18(25)17-11-15(22)9-10-19(17)27-3/h4-11H,12H2,1-3H3. The number of hydrogen-bond donors (Lipinski definition) is 0. The number of halogens is 1. The minimum Gasteiger partial charge on any atom is -0.496 e. The fraction of sp³-hybridized carbons (Fsp3) is 0.190.